The van der Waals surface area contributed by atoms with Gasteiger partial charge in [0.1, 0.15) is 0 Å². The van der Waals surface area contributed by atoms with Gasteiger partial charge in [-0.15, -0.1) is 0 Å². The van der Waals surface area contributed by atoms with Crippen LogP contribution in [-0.2, 0) is 0 Å². The van der Waals surface area contributed by atoms with Gasteiger partial charge in [0.25, 0.3) is 0 Å². The summed E-state index contributed by atoms with van der Waals surface area (Å²) in [5, 5.41) is 0.788. The number of hydrogen-bond donors (Lipinski definition) is 1. The number of rotatable bonds is 5. The molecule has 2 rings (SSSR count). The maximum Gasteiger partial charge on any atom is 0.0482 e. The van der Waals surface area contributed by atoms with E-state index in [9.17, 15) is 0 Å². The van der Waals surface area contributed by atoms with Crippen molar-refractivity contribution in [2.24, 2.45) is 17.6 Å². The summed E-state index contributed by atoms with van der Waals surface area (Å²) in [5.41, 5.74) is 7.05. The highest BCUT2D eigenvalue weighted by Crippen LogP contribution is 2.39. The largest absolute Gasteiger partial charge is 0.329 e. The molecule has 0 aromatic heterocycles. The molecule has 1 aromatic rings. The number of nitrogens with zero attached hydrogens (tertiary/aromatic N) is 1. The molecule has 4 heteroatoms. The molecule has 0 amide bonds. The predicted molar refractivity (Wildman–Crippen MR) is 80.8 cm³/mol. The number of likely N-dealkylation sites (N-methyl/N-ethyl adjacent to an activating group) is 1. The Bertz CT molecular complexity index is 424. The fourth-order valence-electron chi connectivity index (χ4n) is 2.47. The van der Waals surface area contributed by atoms with E-state index in [1.165, 1.54) is 6.42 Å². The minimum absolute atomic E-state index is 0.207. The SMILES string of the molecule is CC1CC1CN(C)C(CN)c1ccc(Br)cc1Cl. The third kappa shape index (κ3) is 3.27. The lowest BCUT2D eigenvalue weighted by Gasteiger charge is -2.28. The molecule has 18 heavy (non-hydrogen) atoms. The summed E-state index contributed by atoms with van der Waals surface area (Å²) in [7, 11) is 2.14. The van der Waals surface area contributed by atoms with Crippen molar-refractivity contribution < 1.29 is 0 Å². The minimum Gasteiger partial charge on any atom is -0.329 e. The Morgan fingerprint density at radius 2 is 2.22 bits per heavy atom. The molecule has 0 spiro atoms. The summed E-state index contributed by atoms with van der Waals surface area (Å²) in [6.45, 7) is 4.01. The van der Waals surface area contributed by atoms with Gasteiger partial charge in [-0.05, 0) is 43.0 Å². The second kappa shape index (κ2) is 5.91. The second-order valence-electron chi connectivity index (χ2n) is 5.33. The van der Waals surface area contributed by atoms with E-state index < -0.39 is 0 Å². The van der Waals surface area contributed by atoms with Crippen LogP contribution in [-0.4, -0.2) is 25.0 Å². The average molecular weight is 332 g/mol. The van der Waals surface area contributed by atoms with Gasteiger partial charge in [0.05, 0.1) is 0 Å². The molecule has 1 aliphatic carbocycles. The second-order valence-corrected chi connectivity index (χ2v) is 6.65. The Morgan fingerprint density at radius 1 is 1.56 bits per heavy atom. The van der Waals surface area contributed by atoms with Crippen molar-refractivity contribution in [2.45, 2.75) is 19.4 Å². The number of hydrogen-bond acceptors (Lipinski definition) is 2. The Kier molecular flexibility index (Phi) is 4.70. The van der Waals surface area contributed by atoms with E-state index in [-0.39, 0.29) is 6.04 Å². The van der Waals surface area contributed by atoms with E-state index in [1.54, 1.807) is 0 Å². The molecule has 0 bridgehead atoms. The zero-order valence-electron chi connectivity index (χ0n) is 10.9. The molecule has 0 heterocycles. The van der Waals surface area contributed by atoms with E-state index in [2.05, 4.69) is 40.9 Å². The van der Waals surface area contributed by atoms with Crippen molar-refractivity contribution in [3.8, 4) is 0 Å². The van der Waals surface area contributed by atoms with Crippen molar-refractivity contribution in [1.29, 1.82) is 0 Å². The molecule has 1 saturated carbocycles. The molecular formula is C14H20BrClN2. The molecule has 1 aromatic carbocycles. The molecule has 100 valence electrons. The topological polar surface area (TPSA) is 29.3 Å². The lowest BCUT2D eigenvalue weighted by Crippen LogP contribution is -2.32. The summed E-state index contributed by atoms with van der Waals surface area (Å²) in [6.07, 6.45) is 1.34. The van der Waals surface area contributed by atoms with Crippen LogP contribution in [0.25, 0.3) is 0 Å². The minimum atomic E-state index is 0.207. The van der Waals surface area contributed by atoms with Gasteiger partial charge in [-0.3, -0.25) is 4.90 Å². The zero-order chi connectivity index (χ0) is 13.3. The van der Waals surface area contributed by atoms with Gasteiger partial charge in [-0.2, -0.15) is 0 Å². The Labute approximate surface area is 123 Å². The molecule has 1 fully saturated rings. The van der Waals surface area contributed by atoms with Crippen LogP contribution in [0.2, 0.25) is 5.02 Å². The first kappa shape index (κ1) is 14.3. The zero-order valence-corrected chi connectivity index (χ0v) is 13.2. The molecule has 2 N–H and O–H groups in total. The fraction of sp³-hybridized carbons (Fsp3) is 0.571. The van der Waals surface area contributed by atoms with E-state index in [0.29, 0.717) is 6.54 Å². The van der Waals surface area contributed by atoms with Gasteiger partial charge < -0.3 is 5.73 Å². The van der Waals surface area contributed by atoms with E-state index in [1.807, 2.05) is 12.1 Å². The standard InChI is InChI=1S/C14H20BrClN2/c1-9-5-10(9)8-18(2)14(7-17)12-4-3-11(15)6-13(12)16/h3-4,6,9-10,14H,5,7-8,17H2,1-2H3. The summed E-state index contributed by atoms with van der Waals surface area (Å²) < 4.78 is 1.01. The normalized spacial score (nSPS) is 24.3. The average Bonchev–Trinajstić information content (AvgIpc) is 2.98. The van der Waals surface area contributed by atoms with Crippen LogP contribution >= 0.6 is 27.5 Å². The molecule has 0 radical (unpaired) electrons. The quantitative estimate of drug-likeness (QED) is 0.891. The number of benzene rings is 1. The molecule has 3 atom stereocenters. The van der Waals surface area contributed by atoms with Gasteiger partial charge in [0.15, 0.2) is 0 Å². The molecule has 3 unspecified atom stereocenters. The lowest BCUT2D eigenvalue weighted by atomic mass is 10.1. The van der Waals surface area contributed by atoms with E-state index in [4.69, 9.17) is 17.3 Å². The number of nitrogens with two attached hydrogens (primary N) is 1. The Balaban J connectivity index is 2.11. The third-order valence-electron chi connectivity index (χ3n) is 3.88. The third-order valence-corrected chi connectivity index (χ3v) is 4.70. The van der Waals surface area contributed by atoms with Gasteiger partial charge in [0.2, 0.25) is 0 Å². The summed E-state index contributed by atoms with van der Waals surface area (Å²) in [6, 6.07) is 6.24. The highest BCUT2D eigenvalue weighted by Gasteiger charge is 2.34. The highest BCUT2D eigenvalue weighted by atomic mass is 79.9. The van der Waals surface area contributed by atoms with Crippen molar-refractivity contribution in [3.63, 3.8) is 0 Å². The summed E-state index contributed by atoms with van der Waals surface area (Å²) in [5.74, 6) is 1.70. The van der Waals surface area contributed by atoms with Crippen LogP contribution in [0, 0.1) is 11.8 Å². The monoisotopic (exact) mass is 330 g/mol. The van der Waals surface area contributed by atoms with Crippen LogP contribution < -0.4 is 5.73 Å². The fourth-order valence-corrected chi connectivity index (χ4v) is 3.27. The van der Waals surface area contributed by atoms with Crippen molar-refractivity contribution >= 4 is 27.5 Å². The van der Waals surface area contributed by atoms with Gasteiger partial charge in [-0.1, -0.05) is 40.5 Å². The van der Waals surface area contributed by atoms with Crippen molar-refractivity contribution in [2.75, 3.05) is 20.1 Å². The van der Waals surface area contributed by atoms with Crippen LogP contribution in [0.15, 0.2) is 22.7 Å². The molecule has 0 saturated heterocycles. The smallest absolute Gasteiger partial charge is 0.0482 e. The molecule has 0 aliphatic heterocycles. The van der Waals surface area contributed by atoms with Crippen LogP contribution in [0.4, 0.5) is 0 Å². The first-order valence-electron chi connectivity index (χ1n) is 6.38. The van der Waals surface area contributed by atoms with E-state index >= 15 is 0 Å². The maximum atomic E-state index is 6.32. The van der Waals surface area contributed by atoms with Crippen molar-refractivity contribution in [3.05, 3.63) is 33.3 Å². The van der Waals surface area contributed by atoms with Gasteiger partial charge in [-0.25, -0.2) is 0 Å². The van der Waals surface area contributed by atoms with Crippen molar-refractivity contribution in [1.82, 2.24) is 4.90 Å². The number of halogens is 2. The van der Waals surface area contributed by atoms with Gasteiger partial charge in [0, 0.05) is 28.6 Å². The van der Waals surface area contributed by atoms with E-state index in [0.717, 1.165) is 33.4 Å². The van der Waals surface area contributed by atoms with Crippen LogP contribution in [0.1, 0.15) is 24.9 Å². The predicted octanol–water partition coefficient (Wildman–Crippen LogP) is 3.69. The molecule has 1 aliphatic rings. The first-order chi connectivity index (χ1) is 8.52. The lowest BCUT2D eigenvalue weighted by molar-refractivity contribution is 0.237. The summed E-state index contributed by atoms with van der Waals surface area (Å²) >= 11 is 9.75. The first-order valence-corrected chi connectivity index (χ1v) is 7.55. The van der Waals surface area contributed by atoms with Crippen LogP contribution in [0.3, 0.4) is 0 Å². The maximum absolute atomic E-state index is 6.32. The molecule has 2 nitrogen and oxygen atoms in total. The Hall–Kier alpha value is -0.0900. The highest BCUT2D eigenvalue weighted by molar-refractivity contribution is 9.10. The molecular weight excluding hydrogens is 312 g/mol. The Morgan fingerprint density at radius 3 is 2.72 bits per heavy atom. The van der Waals surface area contributed by atoms with Crippen LogP contribution in [0.5, 0.6) is 0 Å². The van der Waals surface area contributed by atoms with Gasteiger partial charge >= 0.3 is 0 Å². The summed E-state index contributed by atoms with van der Waals surface area (Å²) in [4.78, 5) is 2.34.